The molecule has 1 atom stereocenters. The third-order valence-electron chi connectivity index (χ3n) is 3.04. The molecule has 0 radical (unpaired) electrons. The van der Waals surface area contributed by atoms with Crippen LogP contribution in [0.2, 0.25) is 0 Å². The van der Waals surface area contributed by atoms with Crippen molar-refractivity contribution < 1.29 is 4.74 Å². The first-order chi connectivity index (χ1) is 6.67. The summed E-state index contributed by atoms with van der Waals surface area (Å²) in [4.78, 5) is 0. The largest absolute Gasteiger partial charge is 0.372 e. The van der Waals surface area contributed by atoms with Crippen LogP contribution in [-0.2, 0) is 4.74 Å². The van der Waals surface area contributed by atoms with Gasteiger partial charge in [-0.1, -0.05) is 32.1 Å². The van der Waals surface area contributed by atoms with E-state index >= 15 is 0 Å². The van der Waals surface area contributed by atoms with Gasteiger partial charge in [-0.05, 0) is 18.3 Å². The zero-order chi connectivity index (χ0) is 10.4. The van der Waals surface area contributed by atoms with Gasteiger partial charge in [-0.15, -0.1) is 0 Å². The van der Waals surface area contributed by atoms with Crippen LogP contribution in [0.25, 0.3) is 0 Å². The molecule has 1 aliphatic carbocycles. The molecule has 1 saturated carbocycles. The van der Waals surface area contributed by atoms with Gasteiger partial charge in [-0.3, -0.25) is 0 Å². The fraction of sp³-hybridized carbons (Fsp3) is 0.833. The second kappa shape index (κ2) is 5.38. The number of nitrogens with one attached hydrogen (secondary N) is 1. The van der Waals surface area contributed by atoms with Crippen molar-refractivity contribution in [3.8, 4) is 11.8 Å². The Morgan fingerprint density at radius 3 is 2.79 bits per heavy atom. The molecule has 0 aromatic rings. The highest BCUT2D eigenvalue weighted by molar-refractivity contribution is 5.02. The average Bonchev–Trinajstić information content (AvgIpc) is 2.45. The van der Waals surface area contributed by atoms with Crippen molar-refractivity contribution in [3.63, 3.8) is 0 Å². The summed E-state index contributed by atoms with van der Waals surface area (Å²) in [6.07, 6.45) is 3.96. The molecule has 2 nitrogen and oxygen atoms in total. The Kier molecular flexibility index (Phi) is 4.44. The molecule has 0 amide bonds. The van der Waals surface area contributed by atoms with Crippen LogP contribution in [0.3, 0.4) is 0 Å². The molecule has 2 heteroatoms. The number of ether oxygens (including phenoxy) is 1. The molecule has 0 heterocycles. The molecule has 0 saturated heterocycles. The van der Waals surface area contributed by atoms with Gasteiger partial charge in [-0.2, -0.15) is 0 Å². The van der Waals surface area contributed by atoms with Crippen LogP contribution in [-0.4, -0.2) is 26.3 Å². The predicted octanol–water partition coefficient (Wildman–Crippen LogP) is 1.80. The summed E-state index contributed by atoms with van der Waals surface area (Å²) in [6, 6.07) is 0.638. The van der Waals surface area contributed by atoms with Crippen molar-refractivity contribution >= 4 is 0 Å². The molecular weight excluding hydrogens is 174 g/mol. The molecule has 0 aromatic heterocycles. The lowest BCUT2D eigenvalue weighted by atomic mass is 9.87. The van der Waals surface area contributed by atoms with Gasteiger partial charge < -0.3 is 10.1 Å². The molecule has 80 valence electrons. The minimum atomic E-state index is 0.447. The van der Waals surface area contributed by atoms with E-state index in [9.17, 15) is 0 Å². The molecule has 0 aromatic carbocycles. The summed E-state index contributed by atoms with van der Waals surface area (Å²) in [5, 5.41) is 3.50. The summed E-state index contributed by atoms with van der Waals surface area (Å²) >= 11 is 0. The van der Waals surface area contributed by atoms with Crippen molar-refractivity contribution in [2.24, 2.45) is 5.41 Å². The Morgan fingerprint density at radius 1 is 1.43 bits per heavy atom. The number of methoxy groups -OCH3 is 1. The first-order valence-electron chi connectivity index (χ1n) is 5.35. The molecule has 0 spiro atoms. The van der Waals surface area contributed by atoms with Gasteiger partial charge in [0.1, 0.15) is 6.61 Å². The maximum Gasteiger partial charge on any atom is 0.107 e. The second-order valence-corrected chi connectivity index (χ2v) is 4.60. The van der Waals surface area contributed by atoms with Gasteiger partial charge >= 0.3 is 0 Å². The highest BCUT2D eigenvalue weighted by atomic mass is 16.5. The van der Waals surface area contributed by atoms with Crippen LogP contribution in [0.1, 0.15) is 33.1 Å². The van der Waals surface area contributed by atoms with Gasteiger partial charge in [0.2, 0.25) is 0 Å². The Balaban J connectivity index is 2.22. The Hall–Kier alpha value is -0.520. The third-order valence-corrected chi connectivity index (χ3v) is 3.04. The maximum absolute atomic E-state index is 4.85. The summed E-state index contributed by atoms with van der Waals surface area (Å²) in [6.45, 7) is 5.99. The highest BCUT2D eigenvalue weighted by Gasteiger charge is 2.33. The van der Waals surface area contributed by atoms with Gasteiger partial charge in [-0.25, -0.2) is 0 Å². The Morgan fingerprint density at radius 2 is 2.21 bits per heavy atom. The van der Waals surface area contributed by atoms with Crippen LogP contribution in [0.15, 0.2) is 0 Å². The second-order valence-electron chi connectivity index (χ2n) is 4.60. The van der Waals surface area contributed by atoms with E-state index in [-0.39, 0.29) is 0 Å². The third kappa shape index (κ3) is 3.32. The van der Waals surface area contributed by atoms with E-state index in [1.54, 1.807) is 7.11 Å². The molecule has 1 rings (SSSR count). The highest BCUT2D eigenvalue weighted by Crippen LogP contribution is 2.36. The van der Waals surface area contributed by atoms with Crippen LogP contribution < -0.4 is 5.32 Å². The van der Waals surface area contributed by atoms with Crippen molar-refractivity contribution in [2.75, 3.05) is 20.3 Å². The lowest BCUT2D eigenvalue weighted by Gasteiger charge is -2.27. The minimum Gasteiger partial charge on any atom is -0.372 e. The van der Waals surface area contributed by atoms with E-state index in [4.69, 9.17) is 4.74 Å². The van der Waals surface area contributed by atoms with Gasteiger partial charge in [0.25, 0.3) is 0 Å². The van der Waals surface area contributed by atoms with Gasteiger partial charge in [0.15, 0.2) is 0 Å². The molecule has 14 heavy (non-hydrogen) atoms. The lowest BCUT2D eigenvalue weighted by molar-refractivity contribution is 0.239. The van der Waals surface area contributed by atoms with E-state index in [0.29, 0.717) is 18.1 Å². The fourth-order valence-corrected chi connectivity index (χ4v) is 2.07. The van der Waals surface area contributed by atoms with Crippen molar-refractivity contribution in [3.05, 3.63) is 0 Å². The van der Waals surface area contributed by atoms with Crippen molar-refractivity contribution in [2.45, 2.75) is 39.2 Å². The maximum atomic E-state index is 4.85. The molecular formula is C12H21NO. The molecule has 0 aliphatic heterocycles. The SMILES string of the molecule is COCC#CCNC1CCCC1(C)C. The van der Waals surface area contributed by atoms with E-state index in [2.05, 4.69) is 31.0 Å². The number of hydrogen-bond donors (Lipinski definition) is 1. The standard InChI is InChI=1S/C12H21NO/c1-12(2)8-6-7-11(12)13-9-4-5-10-14-3/h11,13H,6-10H2,1-3H3. The van der Waals surface area contributed by atoms with Crippen LogP contribution in [0, 0.1) is 17.3 Å². The van der Waals surface area contributed by atoms with E-state index < -0.39 is 0 Å². The van der Waals surface area contributed by atoms with Crippen LogP contribution in [0.4, 0.5) is 0 Å². The summed E-state index contributed by atoms with van der Waals surface area (Å²) in [5.74, 6) is 6.02. The molecule has 1 fully saturated rings. The average molecular weight is 195 g/mol. The fourth-order valence-electron chi connectivity index (χ4n) is 2.07. The van der Waals surface area contributed by atoms with Crippen molar-refractivity contribution in [1.29, 1.82) is 0 Å². The van der Waals surface area contributed by atoms with Crippen LogP contribution in [0.5, 0.6) is 0 Å². The normalized spacial score (nSPS) is 24.4. The minimum absolute atomic E-state index is 0.447. The van der Waals surface area contributed by atoms with Gasteiger partial charge in [0.05, 0.1) is 6.54 Å². The summed E-state index contributed by atoms with van der Waals surface area (Å²) in [7, 11) is 1.67. The lowest BCUT2D eigenvalue weighted by Crippen LogP contribution is -2.37. The van der Waals surface area contributed by atoms with Crippen molar-refractivity contribution in [1.82, 2.24) is 5.32 Å². The van der Waals surface area contributed by atoms with E-state index in [0.717, 1.165) is 6.54 Å². The predicted molar refractivity (Wildman–Crippen MR) is 59.1 cm³/mol. The first-order valence-corrected chi connectivity index (χ1v) is 5.35. The number of rotatable bonds is 3. The van der Waals surface area contributed by atoms with E-state index in [1.165, 1.54) is 19.3 Å². The molecule has 1 N–H and O–H groups in total. The zero-order valence-corrected chi connectivity index (χ0v) is 9.52. The first kappa shape index (κ1) is 11.6. The molecule has 1 unspecified atom stereocenters. The zero-order valence-electron chi connectivity index (χ0n) is 9.52. The summed E-state index contributed by atoms with van der Waals surface area (Å²) in [5.41, 5.74) is 0.447. The topological polar surface area (TPSA) is 21.3 Å². The quantitative estimate of drug-likeness (QED) is 0.693. The number of hydrogen-bond acceptors (Lipinski definition) is 2. The Bertz CT molecular complexity index is 224. The van der Waals surface area contributed by atoms with Crippen LogP contribution >= 0.6 is 0 Å². The summed E-state index contributed by atoms with van der Waals surface area (Å²) < 4.78 is 4.85. The van der Waals surface area contributed by atoms with E-state index in [1.807, 2.05) is 0 Å². The molecule has 1 aliphatic rings. The van der Waals surface area contributed by atoms with Gasteiger partial charge in [0, 0.05) is 13.2 Å². The smallest absolute Gasteiger partial charge is 0.107 e. The Labute approximate surface area is 87.4 Å². The molecule has 0 bridgehead atoms. The monoisotopic (exact) mass is 195 g/mol.